The first kappa shape index (κ1) is 24.8. The fourth-order valence-corrected chi connectivity index (χ4v) is 5.09. The van der Waals surface area contributed by atoms with Crippen molar-refractivity contribution in [2.45, 2.75) is 43.4 Å². The molecule has 0 saturated carbocycles. The number of β-amino-alcohol motifs (C(OH)–C–C–N with tert-alkyl or cyclic N) is 1. The summed E-state index contributed by atoms with van der Waals surface area (Å²) < 4.78 is 30.0. The first-order valence-electron chi connectivity index (χ1n) is 11.6. The number of aromatic nitrogens is 1. The number of fused-ring (bicyclic) bond motifs is 1. The summed E-state index contributed by atoms with van der Waals surface area (Å²) in [7, 11) is -3.69. The number of aliphatic hydroxyl groups excluding tert-OH is 1. The van der Waals surface area contributed by atoms with E-state index >= 15 is 0 Å². The second kappa shape index (κ2) is 10.1. The Morgan fingerprint density at radius 2 is 1.77 bits per heavy atom. The Bertz CT molecular complexity index is 1400. The largest absolute Gasteiger partial charge is 0.399 e. The highest BCUT2D eigenvalue weighted by atomic mass is 32.2. The lowest BCUT2D eigenvalue weighted by Crippen LogP contribution is -2.42. The molecule has 35 heavy (non-hydrogen) atoms. The molecular formula is C27H32N4O3S. The van der Waals surface area contributed by atoms with Crippen molar-refractivity contribution in [1.82, 2.24) is 9.88 Å². The van der Waals surface area contributed by atoms with Gasteiger partial charge >= 0.3 is 0 Å². The molecule has 0 saturated heterocycles. The maximum absolute atomic E-state index is 12.6. The van der Waals surface area contributed by atoms with Crippen LogP contribution in [0.2, 0.25) is 0 Å². The van der Waals surface area contributed by atoms with Crippen LogP contribution in [0.1, 0.15) is 31.9 Å². The zero-order chi connectivity index (χ0) is 25.1. The summed E-state index contributed by atoms with van der Waals surface area (Å²) in [4.78, 5) is 0.188. The Morgan fingerprint density at radius 1 is 1.00 bits per heavy atom. The van der Waals surface area contributed by atoms with Crippen LogP contribution >= 0.6 is 0 Å². The fourth-order valence-electron chi connectivity index (χ4n) is 4.02. The zero-order valence-electron chi connectivity index (χ0n) is 20.0. The Morgan fingerprint density at radius 3 is 2.54 bits per heavy atom. The van der Waals surface area contributed by atoms with Crippen LogP contribution in [0.3, 0.4) is 0 Å². The second-order valence-electron chi connectivity index (χ2n) is 9.40. The van der Waals surface area contributed by atoms with Gasteiger partial charge in [0.2, 0.25) is 0 Å². The van der Waals surface area contributed by atoms with E-state index in [-0.39, 0.29) is 10.4 Å². The second-order valence-corrected chi connectivity index (χ2v) is 11.1. The van der Waals surface area contributed by atoms with E-state index in [1.807, 2.05) is 18.2 Å². The summed E-state index contributed by atoms with van der Waals surface area (Å²) in [5, 5.41) is 15.4. The number of nitrogens with zero attached hydrogens (tertiary/aromatic N) is 1. The highest BCUT2D eigenvalue weighted by Crippen LogP contribution is 2.23. The van der Waals surface area contributed by atoms with Crippen LogP contribution in [0.4, 0.5) is 11.4 Å². The number of aryl methyl sites for hydroxylation is 1. The van der Waals surface area contributed by atoms with E-state index in [0.717, 1.165) is 29.6 Å². The van der Waals surface area contributed by atoms with Crippen molar-refractivity contribution in [3.8, 4) is 0 Å². The number of nitrogens with two attached hydrogens (primary N) is 1. The van der Waals surface area contributed by atoms with Crippen LogP contribution in [-0.2, 0) is 16.6 Å². The Hall–Kier alpha value is -3.33. The first-order valence-corrected chi connectivity index (χ1v) is 13.1. The normalized spacial score (nSPS) is 13.1. The average molecular weight is 493 g/mol. The molecule has 0 radical (unpaired) electrons. The van der Waals surface area contributed by atoms with E-state index in [2.05, 4.69) is 40.7 Å². The van der Waals surface area contributed by atoms with Crippen LogP contribution < -0.4 is 15.8 Å². The van der Waals surface area contributed by atoms with Crippen LogP contribution in [-0.4, -0.2) is 30.2 Å². The van der Waals surface area contributed by atoms with Crippen LogP contribution in [0, 0.1) is 0 Å². The van der Waals surface area contributed by atoms with E-state index < -0.39 is 16.1 Å². The lowest BCUT2D eigenvalue weighted by molar-refractivity contribution is 0.158. The average Bonchev–Trinajstić information content (AvgIpc) is 3.24. The molecule has 3 aromatic carbocycles. The summed E-state index contributed by atoms with van der Waals surface area (Å²) in [6, 6.07) is 23.0. The minimum Gasteiger partial charge on any atom is -0.399 e. The molecule has 8 heteroatoms. The quantitative estimate of drug-likeness (QED) is 0.244. The molecule has 4 rings (SSSR count). The predicted molar refractivity (Wildman–Crippen MR) is 142 cm³/mol. The maximum atomic E-state index is 12.6. The molecule has 0 amide bonds. The minimum atomic E-state index is -3.69. The lowest BCUT2D eigenvalue weighted by atomic mass is 9.99. The number of anilines is 2. The van der Waals surface area contributed by atoms with Crippen molar-refractivity contribution in [3.63, 3.8) is 0 Å². The maximum Gasteiger partial charge on any atom is 0.261 e. The fraction of sp³-hybridized carbons (Fsp3) is 0.259. The highest BCUT2D eigenvalue weighted by molar-refractivity contribution is 7.92. The summed E-state index contributed by atoms with van der Waals surface area (Å²) in [6.07, 6.45) is 2.13. The van der Waals surface area contributed by atoms with Crippen molar-refractivity contribution < 1.29 is 13.5 Å². The summed E-state index contributed by atoms with van der Waals surface area (Å²) in [5.41, 5.74) is 8.60. The summed E-state index contributed by atoms with van der Waals surface area (Å²) in [5.74, 6) is 0. The van der Waals surface area contributed by atoms with Gasteiger partial charge in [-0.1, -0.05) is 30.3 Å². The molecule has 0 aliphatic heterocycles. The standard InChI is InChI=1S/C27H32N4O3S/c1-27(2,14-16-31-15-13-20-17-22(28)11-12-25(20)31)29-19-26(32)21-7-6-8-23(18-21)30-35(33,34)24-9-4-3-5-10-24/h3-13,15,17-18,26,29-30,32H,14,16,19,28H2,1-2H3. The SMILES string of the molecule is CC(C)(CCn1ccc2cc(N)ccc21)NCC(O)c1cccc(NS(=O)(=O)c2ccccc2)c1. The molecule has 184 valence electrons. The summed E-state index contributed by atoms with van der Waals surface area (Å²) in [6.45, 7) is 5.37. The van der Waals surface area contributed by atoms with Gasteiger partial charge in [0.05, 0.1) is 11.0 Å². The zero-order valence-corrected chi connectivity index (χ0v) is 20.8. The van der Waals surface area contributed by atoms with Crippen molar-refractivity contribution in [2.75, 3.05) is 17.0 Å². The molecule has 0 aliphatic rings. The number of hydrogen-bond acceptors (Lipinski definition) is 5. The molecule has 1 unspecified atom stereocenters. The number of nitrogens with one attached hydrogen (secondary N) is 2. The molecule has 0 bridgehead atoms. The lowest BCUT2D eigenvalue weighted by Gasteiger charge is -2.28. The third-order valence-corrected chi connectivity index (χ3v) is 7.52. The van der Waals surface area contributed by atoms with E-state index in [4.69, 9.17) is 5.73 Å². The third kappa shape index (κ3) is 6.22. The Labute approximate surface area is 206 Å². The van der Waals surface area contributed by atoms with Gasteiger partial charge in [0.15, 0.2) is 0 Å². The van der Waals surface area contributed by atoms with Crippen molar-refractivity contribution in [2.24, 2.45) is 0 Å². The Kier molecular flexibility index (Phi) is 7.16. The van der Waals surface area contributed by atoms with Gasteiger partial charge in [-0.25, -0.2) is 8.42 Å². The molecule has 5 N–H and O–H groups in total. The van der Waals surface area contributed by atoms with Gasteiger partial charge in [-0.15, -0.1) is 0 Å². The number of benzene rings is 3. The molecule has 4 aromatic rings. The number of nitrogen functional groups attached to an aromatic ring is 1. The molecule has 1 heterocycles. The molecule has 0 aliphatic carbocycles. The van der Waals surface area contributed by atoms with Crippen LogP contribution in [0.25, 0.3) is 10.9 Å². The van der Waals surface area contributed by atoms with Gasteiger partial charge in [-0.3, -0.25) is 4.72 Å². The molecule has 7 nitrogen and oxygen atoms in total. The van der Waals surface area contributed by atoms with E-state index in [1.165, 1.54) is 0 Å². The molecule has 0 spiro atoms. The van der Waals surface area contributed by atoms with E-state index in [0.29, 0.717) is 17.8 Å². The van der Waals surface area contributed by atoms with Crippen LogP contribution in [0.5, 0.6) is 0 Å². The van der Waals surface area contributed by atoms with Crippen molar-refractivity contribution in [1.29, 1.82) is 0 Å². The smallest absolute Gasteiger partial charge is 0.261 e. The van der Waals surface area contributed by atoms with Gasteiger partial charge in [0, 0.05) is 47.1 Å². The van der Waals surface area contributed by atoms with E-state index in [1.54, 1.807) is 54.6 Å². The Balaban J connectivity index is 1.35. The van der Waals surface area contributed by atoms with Gasteiger partial charge < -0.3 is 20.7 Å². The first-order chi connectivity index (χ1) is 16.6. The van der Waals surface area contributed by atoms with Gasteiger partial charge in [-0.05, 0) is 74.4 Å². The van der Waals surface area contributed by atoms with Gasteiger partial charge in [0.1, 0.15) is 0 Å². The van der Waals surface area contributed by atoms with Crippen molar-refractivity contribution >= 4 is 32.3 Å². The number of aliphatic hydroxyl groups is 1. The van der Waals surface area contributed by atoms with E-state index in [9.17, 15) is 13.5 Å². The summed E-state index contributed by atoms with van der Waals surface area (Å²) >= 11 is 0. The highest BCUT2D eigenvalue weighted by Gasteiger charge is 2.20. The molecule has 0 fully saturated rings. The minimum absolute atomic E-state index is 0.188. The molecule has 1 aromatic heterocycles. The van der Waals surface area contributed by atoms with Crippen molar-refractivity contribution in [3.05, 3.63) is 90.6 Å². The topological polar surface area (TPSA) is 109 Å². The van der Waals surface area contributed by atoms with Gasteiger partial charge in [0.25, 0.3) is 10.0 Å². The molecular weight excluding hydrogens is 460 g/mol. The third-order valence-electron chi connectivity index (χ3n) is 6.12. The molecule has 1 atom stereocenters. The predicted octanol–water partition coefficient (Wildman–Crippen LogP) is 4.52. The number of sulfonamides is 1. The monoisotopic (exact) mass is 492 g/mol. The van der Waals surface area contributed by atoms with Gasteiger partial charge in [-0.2, -0.15) is 0 Å². The number of hydrogen-bond donors (Lipinski definition) is 4. The van der Waals surface area contributed by atoms with Crippen LogP contribution in [0.15, 0.2) is 90.0 Å². The number of rotatable bonds is 10.